The number of nitrogens with one attached hydrogen (secondary N) is 2. The van der Waals surface area contributed by atoms with Gasteiger partial charge < -0.3 is 15.5 Å². The number of anilines is 4. The molecule has 0 atom stereocenters. The standard InChI is InChI=1S/C20H23N5O/c1-3-24(4-2)20(26)25-19(22-17-13-9-6-10-14-17)15-18(23-25)21-16-11-7-5-8-12-16/h5-15,22H,3-4H2,1-2H3,(H,21,23). The van der Waals surface area contributed by atoms with Crippen molar-refractivity contribution in [2.75, 3.05) is 23.7 Å². The van der Waals surface area contributed by atoms with E-state index in [-0.39, 0.29) is 6.03 Å². The first-order valence-electron chi connectivity index (χ1n) is 8.74. The second-order valence-electron chi connectivity index (χ2n) is 5.76. The molecule has 0 saturated heterocycles. The third-order valence-corrected chi connectivity index (χ3v) is 4.02. The fraction of sp³-hybridized carbons (Fsp3) is 0.200. The van der Waals surface area contributed by atoms with Crippen LogP contribution in [0.25, 0.3) is 0 Å². The second kappa shape index (κ2) is 8.20. The number of rotatable bonds is 6. The Hall–Kier alpha value is -3.28. The highest BCUT2D eigenvalue weighted by Crippen LogP contribution is 2.23. The second-order valence-corrected chi connectivity index (χ2v) is 5.76. The summed E-state index contributed by atoms with van der Waals surface area (Å²) in [5, 5.41) is 11.0. The van der Waals surface area contributed by atoms with Crippen LogP contribution in [0.3, 0.4) is 0 Å². The molecule has 3 aromatic rings. The van der Waals surface area contributed by atoms with Gasteiger partial charge in [-0.15, -0.1) is 5.10 Å². The molecule has 1 amide bonds. The molecule has 26 heavy (non-hydrogen) atoms. The van der Waals surface area contributed by atoms with Crippen LogP contribution in [0.1, 0.15) is 13.8 Å². The van der Waals surface area contributed by atoms with E-state index in [9.17, 15) is 4.79 Å². The maximum Gasteiger partial charge on any atom is 0.346 e. The van der Waals surface area contributed by atoms with Gasteiger partial charge in [-0.25, -0.2) is 4.79 Å². The lowest BCUT2D eigenvalue weighted by Gasteiger charge is -2.19. The van der Waals surface area contributed by atoms with E-state index in [1.165, 1.54) is 4.68 Å². The van der Waals surface area contributed by atoms with Crippen LogP contribution in [0.2, 0.25) is 0 Å². The zero-order valence-corrected chi connectivity index (χ0v) is 15.0. The number of para-hydroxylation sites is 2. The molecule has 0 aliphatic heterocycles. The predicted octanol–water partition coefficient (Wildman–Crippen LogP) is 4.68. The molecule has 0 fully saturated rings. The molecule has 1 aromatic heterocycles. The maximum atomic E-state index is 12.8. The normalized spacial score (nSPS) is 10.4. The zero-order chi connectivity index (χ0) is 18.4. The van der Waals surface area contributed by atoms with E-state index in [0.717, 1.165) is 11.4 Å². The van der Waals surface area contributed by atoms with Gasteiger partial charge in [-0.1, -0.05) is 36.4 Å². The van der Waals surface area contributed by atoms with E-state index in [0.29, 0.717) is 24.7 Å². The maximum absolute atomic E-state index is 12.8. The number of nitrogens with zero attached hydrogens (tertiary/aromatic N) is 3. The lowest BCUT2D eigenvalue weighted by molar-refractivity contribution is 0.202. The summed E-state index contributed by atoms with van der Waals surface area (Å²) < 4.78 is 1.41. The molecular weight excluding hydrogens is 326 g/mol. The van der Waals surface area contributed by atoms with E-state index in [4.69, 9.17) is 0 Å². The number of benzene rings is 2. The van der Waals surface area contributed by atoms with Crippen LogP contribution in [0.5, 0.6) is 0 Å². The van der Waals surface area contributed by atoms with Crippen molar-refractivity contribution in [3.8, 4) is 0 Å². The molecule has 134 valence electrons. The number of hydrogen-bond donors (Lipinski definition) is 2. The van der Waals surface area contributed by atoms with Gasteiger partial charge >= 0.3 is 6.03 Å². The van der Waals surface area contributed by atoms with Crippen LogP contribution in [0.15, 0.2) is 66.7 Å². The van der Waals surface area contributed by atoms with Gasteiger partial charge in [-0.3, -0.25) is 0 Å². The third-order valence-electron chi connectivity index (χ3n) is 4.02. The van der Waals surface area contributed by atoms with Crippen molar-refractivity contribution < 1.29 is 4.79 Å². The number of hydrogen-bond acceptors (Lipinski definition) is 4. The molecule has 0 unspecified atom stereocenters. The van der Waals surface area contributed by atoms with Crippen molar-refractivity contribution in [1.29, 1.82) is 0 Å². The molecule has 3 rings (SSSR count). The Bertz CT molecular complexity index is 841. The minimum atomic E-state index is -0.158. The summed E-state index contributed by atoms with van der Waals surface area (Å²) in [6.07, 6.45) is 0. The highest BCUT2D eigenvalue weighted by atomic mass is 16.2. The van der Waals surface area contributed by atoms with E-state index >= 15 is 0 Å². The Morgan fingerprint density at radius 2 is 1.46 bits per heavy atom. The van der Waals surface area contributed by atoms with Crippen molar-refractivity contribution in [2.24, 2.45) is 0 Å². The molecule has 0 aliphatic rings. The smallest absolute Gasteiger partial charge is 0.340 e. The molecular formula is C20H23N5O. The first kappa shape index (κ1) is 17.5. The molecule has 2 aromatic carbocycles. The van der Waals surface area contributed by atoms with Crippen LogP contribution < -0.4 is 10.6 Å². The Kier molecular flexibility index (Phi) is 5.53. The van der Waals surface area contributed by atoms with Crippen LogP contribution in [-0.2, 0) is 0 Å². The molecule has 2 N–H and O–H groups in total. The molecule has 0 saturated carbocycles. The Balaban J connectivity index is 1.92. The quantitative estimate of drug-likeness (QED) is 0.678. The minimum absolute atomic E-state index is 0.158. The molecule has 0 bridgehead atoms. The van der Waals surface area contributed by atoms with Crippen molar-refractivity contribution in [2.45, 2.75) is 13.8 Å². The van der Waals surface area contributed by atoms with Gasteiger partial charge in [0.25, 0.3) is 0 Å². The molecule has 6 nitrogen and oxygen atoms in total. The Morgan fingerprint density at radius 1 is 0.923 bits per heavy atom. The van der Waals surface area contributed by atoms with E-state index in [1.807, 2.05) is 80.6 Å². The molecule has 0 aliphatic carbocycles. The van der Waals surface area contributed by atoms with Crippen LogP contribution in [0, 0.1) is 0 Å². The predicted molar refractivity (Wildman–Crippen MR) is 105 cm³/mol. The van der Waals surface area contributed by atoms with Gasteiger partial charge in [-0.2, -0.15) is 4.68 Å². The molecule has 1 heterocycles. The van der Waals surface area contributed by atoms with Gasteiger partial charge in [0.2, 0.25) is 0 Å². The van der Waals surface area contributed by atoms with Gasteiger partial charge in [0.15, 0.2) is 5.82 Å². The molecule has 6 heteroatoms. The van der Waals surface area contributed by atoms with E-state index in [2.05, 4.69) is 15.7 Å². The van der Waals surface area contributed by atoms with Crippen LogP contribution in [-0.4, -0.2) is 33.8 Å². The van der Waals surface area contributed by atoms with Crippen molar-refractivity contribution in [3.63, 3.8) is 0 Å². The average molecular weight is 349 g/mol. The molecule has 0 radical (unpaired) electrons. The number of aromatic nitrogens is 2. The van der Waals surface area contributed by atoms with Gasteiger partial charge in [-0.05, 0) is 38.1 Å². The summed E-state index contributed by atoms with van der Waals surface area (Å²) in [6.45, 7) is 5.17. The van der Waals surface area contributed by atoms with Crippen molar-refractivity contribution in [1.82, 2.24) is 14.7 Å². The Morgan fingerprint density at radius 3 is 2.00 bits per heavy atom. The summed E-state index contributed by atoms with van der Waals surface area (Å²) >= 11 is 0. The summed E-state index contributed by atoms with van der Waals surface area (Å²) in [5.41, 5.74) is 1.81. The fourth-order valence-corrected chi connectivity index (χ4v) is 2.64. The largest absolute Gasteiger partial charge is 0.346 e. The van der Waals surface area contributed by atoms with Crippen LogP contribution in [0.4, 0.5) is 27.8 Å². The summed E-state index contributed by atoms with van der Waals surface area (Å²) in [4.78, 5) is 14.6. The van der Waals surface area contributed by atoms with Crippen LogP contribution >= 0.6 is 0 Å². The molecule has 0 spiro atoms. The number of amides is 1. The van der Waals surface area contributed by atoms with Gasteiger partial charge in [0.1, 0.15) is 5.82 Å². The third kappa shape index (κ3) is 4.03. The van der Waals surface area contributed by atoms with Gasteiger partial charge in [0.05, 0.1) is 0 Å². The summed E-state index contributed by atoms with van der Waals surface area (Å²) in [5.74, 6) is 1.22. The highest BCUT2D eigenvalue weighted by Gasteiger charge is 2.19. The SMILES string of the molecule is CCN(CC)C(=O)n1nc(Nc2ccccc2)cc1Nc1ccccc1. The minimum Gasteiger partial charge on any atom is -0.340 e. The topological polar surface area (TPSA) is 62.2 Å². The summed E-state index contributed by atoms with van der Waals surface area (Å²) in [6, 6.07) is 21.2. The van der Waals surface area contributed by atoms with E-state index < -0.39 is 0 Å². The number of carbonyl (C=O) groups excluding carboxylic acids is 1. The first-order valence-corrected chi connectivity index (χ1v) is 8.74. The van der Waals surface area contributed by atoms with Gasteiger partial charge in [0, 0.05) is 30.5 Å². The lowest BCUT2D eigenvalue weighted by Crippen LogP contribution is -2.35. The highest BCUT2D eigenvalue weighted by molar-refractivity contribution is 5.82. The zero-order valence-electron chi connectivity index (χ0n) is 15.0. The van der Waals surface area contributed by atoms with Crippen molar-refractivity contribution in [3.05, 3.63) is 66.7 Å². The monoisotopic (exact) mass is 349 g/mol. The number of carbonyl (C=O) groups is 1. The lowest BCUT2D eigenvalue weighted by atomic mass is 10.3. The fourth-order valence-electron chi connectivity index (χ4n) is 2.64. The van der Waals surface area contributed by atoms with E-state index in [1.54, 1.807) is 4.90 Å². The van der Waals surface area contributed by atoms with Crippen molar-refractivity contribution >= 4 is 29.0 Å². The Labute approximate surface area is 153 Å². The first-order chi connectivity index (χ1) is 12.7. The average Bonchev–Trinajstić information content (AvgIpc) is 3.06. The summed E-state index contributed by atoms with van der Waals surface area (Å²) in [7, 11) is 0.